The fourth-order valence-electron chi connectivity index (χ4n) is 1.45. The fraction of sp³-hybridized carbons (Fsp3) is 0.273. The standard InChI is InChI=1S/C11H13N3O4S2/c1-6(2)8-4-10(13-12-8)14-20(17,18)7-3-9(11(15)16)19-5-7/h3-6H,1-2H3,(H,15,16)(H2,12,13,14). The molecule has 0 aliphatic carbocycles. The lowest BCUT2D eigenvalue weighted by Crippen LogP contribution is -2.12. The molecule has 7 nitrogen and oxygen atoms in total. The number of nitrogens with one attached hydrogen (secondary N) is 2. The van der Waals surface area contributed by atoms with Gasteiger partial charge in [-0.25, -0.2) is 13.2 Å². The number of anilines is 1. The Morgan fingerprint density at radius 1 is 1.45 bits per heavy atom. The molecule has 0 atom stereocenters. The average molecular weight is 315 g/mol. The molecule has 2 aromatic heterocycles. The summed E-state index contributed by atoms with van der Waals surface area (Å²) in [6.45, 7) is 3.90. The van der Waals surface area contributed by atoms with Crippen LogP contribution in [0.5, 0.6) is 0 Å². The van der Waals surface area contributed by atoms with E-state index in [1.807, 2.05) is 13.8 Å². The van der Waals surface area contributed by atoms with Crippen LogP contribution in [-0.2, 0) is 10.0 Å². The molecular formula is C11H13N3O4S2. The number of carboxylic acids is 1. The van der Waals surface area contributed by atoms with E-state index in [-0.39, 0.29) is 21.5 Å². The van der Waals surface area contributed by atoms with Gasteiger partial charge in [0.15, 0.2) is 5.82 Å². The molecule has 20 heavy (non-hydrogen) atoms. The number of rotatable bonds is 5. The van der Waals surface area contributed by atoms with Crippen molar-refractivity contribution < 1.29 is 18.3 Å². The van der Waals surface area contributed by atoms with Gasteiger partial charge in [-0.3, -0.25) is 9.82 Å². The van der Waals surface area contributed by atoms with Crippen molar-refractivity contribution in [3.8, 4) is 0 Å². The van der Waals surface area contributed by atoms with E-state index in [0.717, 1.165) is 23.1 Å². The second-order valence-electron chi connectivity index (χ2n) is 4.42. The highest BCUT2D eigenvalue weighted by Crippen LogP contribution is 2.22. The molecule has 108 valence electrons. The summed E-state index contributed by atoms with van der Waals surface area (Å²) >= 11 is 0.858. The zero-order valence-corrected chi connectivity index (χ0v) is 12.4. The van der Waals surface area contributed by atoms with Crippen LogP contribution in [0.3, 0.4) is 0 Å². The van der Waals surface area contributed by atoms with Gasteiger partial charge in [-0.2, -0.15) is 5.10 Å². The lowest BCUT2D eigenvalue weighted by Gasteiger charge is -2.02. The van der Waals surface area contributed by atoms with Crippen LogP contribution < -0.4 is 4.72 Å². The number of aromatic nitrogens is 2. The van der Waals surface area contributed by atoms with Gasteiger partial charge in [0.2, 0.25) is 0 Å². The molecule has 0 aliphatic heterocycles. The highest BCUT2D eigenvalue weighted by Gasteiger charge is 2.20. The zero-order chi connectivity index (χ0) is 14.9. The molecule has 9 heteroatoms. The van der Waals surface area contributed by atoms with Gasteiger partial charge in [-0.15, -0.1) is 11.3 Å². The Morgan fingerprint density at radius 2 is 2.15 bits per heavy atom. The number of aromatic amines is 1. The molecular weight excluding hydrogens is 302 g/mol. The number of carbonyl (C=O) groups is 1. The van der Waals surface area contributed by atoms with Crippen LogP contribution in [0.4, 0.5) is 5.82 Å². The highest BCUT2D eigenvalue weighted by molar-refractivity contribution is 7.92. The zero-order valence-electron chi connectivity index (χ0n) is 10.7. The molecule has 2 heterocycles. The lowest BCUT2D eigenvalue weighted by atomic mass is 10.1. The highest BCUT2D eigenvalue weighted by atomic mass is 32.2. The maximum absolute atomic E-state index is 12.1. The number of hydrogen-bond donors (Lipinski definition) is 3. The molecule has 2 rings (SSSR count). The Kier molecular flexibility index (Phi) is 3.82. The van der Waals surface area contributed by atoms with E-state index in [2.05, 4.69) is 14.9 Å². The quantitative estimate of drug-likeness (QED) is 0.782. The molecule has 0 bridgehead atoms. The number of sulfonamides is 1. The molecule has 0 fully saturated rings. The van der Waals surface area contributed by atoms with E-state index in [9.17, 15) is 13.2 Å². The molecule has 0 amide bonds. The van der Waals surface area contributed by atoms with Crippen molar-refractivity contribution in [2.45, 2.75) is 24.7 Å². The number of nitrogens with zero attached hydrogens (tertiary/aromatic N) is 1. The third kappa shape index (κ3) is 2.99. The van der Waals surface area contributed by atoms with Crippen molar-refractivity contribution >= 4 is 33.1 Å². The van der Waals surface area contributed by atoms with Crippen molar-refractivity contribution in [2.24, 2.45) is 0 Å². The van der Waals surface area contributed by atoms with Crippen LogP contribution in [0.2, 0.25) is 0 Å². The van der Waals surface area contributed by atoms with E-state index >= 15 is 0 Å². The van der Waals surface area contributed by atoms with Crippen molar-refractivity contribution in [1.29, 1.82) is 0 Å². The monoisotopic (exact) mass is 315 g/mol. The second-order valence-corrected chi connectivity index (χ2v) is 7.01. The third-order valence-electron chi connectivity index (χ3n) is 2.56. The summed E-state index contributed by atoms with van der Waals surface area (Å²) in [4.78, 5) is 10.6. The summed E-state index contributed by atoms with van der Waals surface area (Å²) in [5.74, 6) is -0.782. The first-order valence-corrected chi connectivity index (χ1v) is 8.06. The minimum absolute atomic E-state index is 0.0322. The Bertz CT molecular complexity index is 730. The van der Waals surface area contributed by atoms with Gasteiger partial charge >= 0.3 is 5.97 Å². The minimum Gasteiger partial charge on any atom is -0.477 e. The maximum Gasteiger partial charge on any atom is 0.345 e. The fourth-order valence-corrected chi connectivity index (χ4v) is 3.56. The Labute approximate surface area is 119 Å². The molecule has 0 radical (unpaired) electrons. The van der Waals surface area contributed by atoms with E-state index in [1.54, 1.807) is 6.07 Å². The largest absolute Gasteiger partial charge is 0.477 e. The van der Waals surface area contributed by atoms with E-state index in [0.29, 0.717) is 0 Å². The summed E-state index contributed by atoms with van der Waals surface area (Å²) in [6, 6.07) is 2.72. The number of H-pyrrole nitrogens is 1. The summed E-state index contributed by atoms with van der Waals surface area (Å²) in [5, 5.41) is 16.7. The van der Waals surface area contributed by atoms with Gasteiger partial charge in [-0.1, -0.05) is 13.8 Å². The third-order valence-corrected chi connectivity index (χ3v) is 4.96. The topological polar surface area (TPSA) is 112 Å². The van der Waals surface area contributed by atoms with E-state index in [1.165, 1.54) is 5.38 Å². The lowest BCUT2D eigenvalue weighted by molar-refractivity contribution is 0.0702. The van der Waals surface area contributed by atoms with Crippen LogP contribution in [0, 0.1) is 0 Å². The average Bonchev–Trinajstić information content (AvgIpc) is 2.95. The molecule has 0 aromatic carbocycles. The summed E-state index contributed by atoms with van der Waals surface area (Å²) in [7, 11) is -3.82. The van der Waals surface area contributed by atoms with E-state index < -0.39 is 16.0 Å². The van der Waals surface area contributed by atoms with Crippen LogP contribution in [0.15, 0.2) is 22.4 Å². The summed E-state index contributed by atoms with van der Waals surface area (Å²) in [5.41, 5.74) is 0.805. The van der Waals surface area contributed by atoms with Crippen LogP contribution in [0.25, 0.3) is 0 Å². The Balaban J connectivity index is 2.23. The van der Waals surface area contributed by atoms with Gasteiger partial charge < -0.3 is 5.11 Å². The Hall–Kier alpha value is -1.87. The van der Waals surface area contributed by atoms with E-state index in [4.69, 9.17) is 5.11 Å². The van der Waals surface area contributed by atoms with Crippen molar-refractivity contribution in [1.82, 2.24) is 10.2 Å². The maximum atomic E-state index is 12.1. The second kappa shape index (κ2) is 5.25. The summed E-state index contributed by atoms with van der Waals surface area (Å²) in [6.07, 6.45) is 0. The van der Waals surface area contributed by atoms with Crippen LogP contribution >= 0.6 is 11.3 Å². The predicted octanol–water partition coefficient (Wildman–Crippen LogP) is 2.09. The SMILES string of the molecule is CC(C)c1cc(NS(=O)(=O)c2csc(C(=O)O)c2)n[nH]1. The number of thiophene rings is 1. The van der Waals surface area contributed by atoms with Gasteiger partial charge in [0.1, 0.15) is 4.88 Å². The van der Waals surface area contributed by atoms with Crippen molar-refractivity contribution in [3.63, 3.8) is 0 Å². The van der Waals surface area contributed by atoms with Crippen LogP contribution in [-0.4, -0.2) is 29.7 Å². The van der Waals surface area contributed by atoms with Gasteiger partial charge in [0, 0.05) is 17.1 Å². The smallest absolute Gasteiger partial charge is 0.345 e. The Morgan fingerprint density at radius 3 is 2.65 bits per heavy atom. The number of hydrogen-bond acceptors (Lipinski definition) is 5. The molecule has 0 aliphatic rings. The summed E-state index contributed by atoms with van der Waals surface area (Å²) < 4.78 is 26.4. The number of aromatic carboxylic acids is 1. The first kappa shape index (κ1) is 14.5. The van der Waals surface area contributed by atoms with Gasteiger partial charge in [-0.05, 0) is 12.0 Å². The molecule has 2 aromatic rings. The molecule has 0 saturated carbocycles. The van der Waals surface area contributed by atoms with Crippen LogP contribution in [0.1, 0.15) is 35.1 Å². The molecule has 0 unspecified atom stereocenters. The van der Waals surface area contributed by atoms with Crippen molar-refractivity contribution in [3.05, 3.63) is 28.1 Å². The predicted molar refractivity (Wildman–Crippen MR) is 74.8 cm³/mol. The van der Waals surface area contributed by atoms with Crippen molar-refractivity contribution in [2.75, 3.05) is 4.72 Å². The van der Waals surface area contributed by atoms with Gasteiger partial charge in [0.05, 0.1) is 4.90 Å². The number of carboxylic acid groups (broad SMARTS) is 1. The first-order chi connectivity index (χ1) is 9.29. The molecule has 3 N–H and O–H groups in total. The molecule has 0 saturated heterocycles. The minimum atomic E-state index is -3.82. The molecule has 0 spiro atoms. The first-order valence-electron chi connectivity index (χ1n) is 5.69. The van der Waals surface area contributed by atoms with Gasteiger partial charge in [0.25, 0.3) is 10.0 Å². The normalized spacial score (nSPS) is 11.8.